The lowest BCUT2D eigenvalue weighted by Gasteiger charge is -2.22. The molecule has 1 aliphatic heterocycles. The van der Waals surface area contributed by atoms with Crippen molar-refractivity contribution >= 4 is 21.8 Å². The number of rotatable bonds is 2. The van der Waals surface area contributed by atoms with Crippen LogP contribution >= 0.6 is 15.9 Å². The lowest BCUT2D eigenvalue weighted by molar-refractivity contribution is 0.0743. The van der Waals surface area contributed by atoms with E-state index in [1.807, 2.05) is 7.05 Å². The van der Waals surface area contributed by atoms with Crippen molar-refractivity contribution in [2.45, 2.75) is 12.5 Å². The third-order valence-electron chi connectivity index (χ3n) is 2.72. The molecule has 1 aromatic rings. The van der Waals surface area contributed by atoms with Gasteiger partial charge in [-0.25, -0.2) is 0 Å². The van der Waals surface area contributed by atoms with Crippen LogP contribution in [0.15, 0.2) is 21.4 Å². The topological polar surface area (TPSA) is 45.5 Å². The van der Waals surface area contributed by atoms with Crippen LogP contribution in [0.5, 0.6) is 0 Å². The molecular weight excluding hydrogens is 260 g/mol. The van der Waals surface area contributed by atoms with Crippen LogP contribution in [0.2, 0.25) is 0 Å². The Morgan fingerprint density at radius 3 is 3.07 bits per heavy atom. The summed E-state index contributed by atoms with van der Waals surface area (Å²) < 4.78 is 5.64. The largest absolute Gasteiger partial charge is 0.457 e. The molecule has 0 bridgehead atoms. The normalized spacial score (nSPS) is 20.5. The molecule has 82 valence electrons. The molecule has 0 saturated carbocycles. The van der Waals surface area contributed by atoms with Crippen LogP contribution < -0.4 is 5.32 Å². The molecule has 4 nitrogen and oxygen atoms in total. The standard InChI is InChI=1S/C10H13BrN2O2/c1-13(8-2-3-12-5-8)10(14)7-4-9(11)15-6-7/h4,6,8,12H,2-3,5H2,1H3. The predicted octanol–water partition coefficient (Wildman–Crippen LogP) is 1.48. The van der Waals surface area contributed by atoms with Crippen LogP contribution in [0.3, 0.4) is 0 Å². The first kappa shape index (κ1) is 10.7. The Bertz CT molecular complexity index is 358. The minimum Gasteiger partial charge on any atom is -0.457 e. The fourth-order valence-corrected chi connectivity index (χ4v) is 2.10. The number of carbonyl (C=O) groups is 1. The maximum absolute atomic E-state index is 12.0. The SMILES string of the molecule is CN(C(=O)c1coc(Br)c1)C1CCNC1. The number of carbonyl (C=O) groups excluding carboxylic acids is 1. The predicted molar refractivity (Wildman–Crippen MR) is 59.8 cm³/mol. The molecule has 0 aromatic carbocycles. The molecule has 1 saturated heterocycles. The summed E-state index contributed by atoms with van der Waals surface area (Å²) in [4.78, 5) is 13.7. The second-order valence-electron chi connectivity index (χ2n) is 3.70. The molecule has 0 aliphatic carbocycles. The van der Waals surface area contributed by atoms with Gasteiger partial charge in [-0.05, 0) is 28.9 Å². The number of nitrogens with zero attached hydrogens (tertiary/aromatic N) is 1. The van der Waals surface area contributed by atoms with Crippen molar-refractivity contribution in [1.29, 1.82) is 0 Å². The van der Waals surface area contributed by atoms with E-state index in [9.17, 15) is 4.79 Å². The van der Waals surface area contributed by atoms with Crippen LogP contribution in [0.1, 0.15) is 16.8 Å². The highest BCUT2D eigenvalue weighted by molar-refractivity contribution is 9.10. The highest BCUT2D eigenvalue weighted by Crippen LogP contribution is 2.17. The number of halogens is 1. The van der Waals surface area contributed by atoms with E-state index in [2.05, 4.69) is 21.2 Å². The molecule has 1 amide bonds. The molecular formula is C10H13BrN2O2. The van der Waals surface area contributed by atoms with E-state index in [-0.39, 0.29) is 5.91 Å². The zero-order chi connectivity index (χ0) is 10.8. The van der Waals surface area contributed by atoms with E-state index in [0.717, 1.165) is 19.5 Å². The molecule has 1 fully saturated rings. The van der Waals surface area contributed by atoms with E-state index in [4.69, 9.17) is 4.42 Å². The van der Waals surface area contributed by atoms with Gasteiger partial charge in [0.25, 0.3) is 5.91 Å². The van der Waals surface area contributed by atoms with Gasteiger partial charge in [0.2, 0.25) is 0 Å². The Morgan fingerprint density at radius 2 is 2.53 bits per heavy atom. The summed E-state index contributed by atoms with van der Waals surface area (Å²) in [5.74, 6) is 0.0122. The van der Waals surface area contributed by atoms with E-state index in [1.165, 1.54) is 6.26 Å². The number of hydrogen-bond donors (Lipinski definition) is 1. The third-order valence-corrected chi connectivity index (χ3v) is 3.13. The van der Waals surface area contributed by atoms with Gasteiger partial charge in [0.05, 0.1) is 5.56 Å². The first-order chi connectivity index (χ1) is 7.18. The number of amides is 1. The molecule has 0 radical (unpaired) electrons. The maximum atomic E-state index is 12.0. The van der Waals surface area contributed by atoms with Gasteiger partial charge in [-0.15, -0.1) is 0 Å². The highest BCUT2D eigenvalue weighted by Gasteiger charge is 2.24. The summed E-state index contributed by atoms with van der Waals surface area (Å²) in [5.41, 5.74) is 0.594. The van der Waals surface area contributed by atoms with E-state index >= 15 is 0 Å². The van der Waals surface area contributed by atoms with Gasteiger partial charge in [0, 0.05) is 25.7 Å². The summed E-state index contributed by atoms with van der Waals surface area (Å²) in [6, 6.07) is 1.99. The van der Waals surface area contributed by atoms with Crippen molar-refractivity contribution < 1.29 is 9.21 Å². The molecule has 1 N–H and O–H groups in total. The lowest BCUT2D eigenvalue weighted by atomic mass is 10.2. The van der Waals surface area contributed by atoms with Gasteiger partial charge >= 0.3 is 0 Å². The Labute approximate surface area is 96.7 Å². The van der Waals surface area contributed by atoms with Crippen molar-refractivity contribution in [3.8, 4) is 0 Å². The summed E-state index contributed by atoms with van der Waals surface area (Å²) in [7, 11) is 1.83. The number of likely N-dealkylation sites (N-methyl/N-ethyl adjacent to an activating group) is 1. The van der Waals surface area contributed by atoms with Crippen molar-refractivity contribution in [1.82, 2.24) is 10.2 Å². The zero-order valence-corrected chi connectivity index (χ0v) is 10.1. The first-order valence-electron chi connectivity index (χ1n) is 4.90. The van der Waals surface area contributed by atoms with Gasteiger partial charge < -0.3 is 14.6 Å². The molecule has 1 atom stereocenters. The zero-order valence-electron chi connectivity index (χ0n) is 8.50. The molecule has 2 rings (SSSR count). The Hall–Kier alpha value is -0.810. The fourth-order valence-electron chi connectivity index (χ4n) is 1.76. The third kappa shape index (κ3) is 2.23. The molecule has 2 heterocycles. The average Bonchev–Trinajstić information content (AvgIpc) is 2.85. The smallest absolute Gasteiger partial charge is 0.257 e. The van der Waals surface area contributed by atoms with Crippen LogP contribution in [0.25, 0.3) is 0 Å². The fraction of sp³-hybridized carbons (Fsp3) is 0.500. The number of hydrogen-bond acceptors (Lipinski definition) is 3. The Kier molecular flexibility index (Phi) is 3.11. The first-order valence-corrected chi connectivity index (χ1v) is 5.69. The second kappa shape index (κ2) is 4.37. The molecule has 15 heavy (non-hydrogen) atoms. The Morgan fingerprint density at radius 1 is 1.73 bits per heavy atom. The molecule has 1 aliphatic rings. The van der Waals surface area contributed by atoms with Crippen LogP contribution in [0.4, 0.5) is 0 Å². The van der Waals surface area contributed by atoms with Gasteiger partial charge in [0.1, 0.15) is 6.26 Å². The molecule has 0 spiro atoms. The highest BCUT2D eigenvalue weighted by atomic mass is 79.9. The molecule has 5 heteroatoms. The van der Waals surface area contributed by atoms with Crippen molar-refractivity contribution in [3.05, 3.63) is 22.6 Å². The minimum atomic E-state index is 0.0122. The maximum Gasteiger partial charge on any atom is 0.257 e. The average molecular weight is 273 g/mol. The quantitative estimate of drug-likeness (QED) is 0.887. The van der Waals surface area contributed by atoms with Crippen molar-refractivity contribution in [2.24, 2.45) is 0 Å². The molecule has 1 unspecified atom stereocenters. The monoisotopic (exact) mass is 272 g/mol. The van der Waals surface area contributed by atoms with Crippen molar-refractivity contribution in [3.63, 3.8) is 0 Å². The van der Waals surface area contributed by atoms with Crippen molar-refractivity contribution in [2.75, 3.05) is 20.1 Å². The second-order valence-corrected chi connectivity index (χ2v) is 4.48. The minimum absolute atomic E-state index is 0.0122. The molecule has 1 aromatic heterocycles. The Balaban J connectivity index is 2.06. The van der Waals surface area contributed by atoms with Gasteiger partial charge in [-0.2, -0.15) is 0 Å². The van der Waals surface area contributed by atoms with E-state index in [1.54, 1.807) is 11.0 Å². The number of nitrogens with one attached hydrogen (secondary N) is 1. The van der Waals surface area contributed by atoms with E-state index in [0.29, 0.717) is 16.3 Å². The van der Waals surface area contributed by atoms with Gasteiger partial charge in [0.15, 0.2) is 4.67 Å². The number of furan rings is 1. The summed E-state index contributed by atoms with van der Waals surface area (Å²) in [6.45, 7) is 1.86. The van der Waals surface area contributed by atoms with Gasteiger partial charge in [-0.1, -0.05) is 0 Å². The van der Waals surface area contributed by atoms with Crippen LogP contribution in [-0.2, 0) is 0 Å². The van der Waals surface area contributed by atoms with Gasteiger partial charge in [-0.3, -0.25) is 4.79 Å². The van der Waals surface area contributed by atoms with Crippen LogP contribution in [-0.4, -0.2) is 37.0 Å². The van der Waals surface area contributed by atoms with Crippen LogP contribution in [0, 0.1) is 0 Å². The van der Waals surface area contributed by atoms with E-state index < -0.39 is 0 Å². The summed E-state index contributed by atoms with van der Waals surface area (Å²) in [6.07, 6.45) is 2.49. The summed E-state index contributed by atoms with van der Waals surface area (Å²) in [5, 5.41) is 3.24. The lowest BCUT2D eigenvalue weighted by Crippen LogP contribution is -2.38. The summed E-state index contributed by atoms with van der Waals surface area (Å²) >= 11 is 3.18.